The van der Waals surface area contributed by atoms with Gasteiger partial charge in [-0.1, -0.05) is 12.1 Å². The summed E-state index contributed by atoms with van der Waals surface area (Å²) in [6, 6.07) is 7.88. The van der Waals surface area contributed by atoms with E-state index in [2.05, 4.69) is 0 Å². The molecular weight excluding hydrogens is 459 g/mol. The Balaban J connectivity index is 1.30. The van der Waals surface area contributed by atoms with Crippen molar-refractivity contribution in [2.75, 3.05) is 19.6 Å². The highest BCUT2D eigenvalue weighted by Crippen LogP contribution is 2.31. The van der Waals surface area contributed by atoms with Crippen molar-refractivity contribution >= 4 is 11.8 Å². The lowest BCUT2D eigenvalue weighted by molar-refractivity contribution is -0.138. The second-order valence-corrected chi connectivity index (χ2v) is 8.59. The molecule has 0 saturated carbocycles. The summed E-state index contributed by atoms with van der Waals surface area (Å²) in [4.78, 5) is 28.4. The minimum Gasteiger partial charge on any atom is -0.487 e. The van der Waals surface area contributed by atoms with Gasteiger partial charge in [-0.2, -0.15) is 13.2 Å². The minimum absolute atomic E-state index is 0.00564. The fourth-order valence-electron chi connectivity index (χ4n) is 4.36. The van der Waals surface area contributed by atoms with Crippen LogP contribution in [0.3, 0.4) is 0 Å². The molecule has 34 heavy (non-hydrogen) atoms. The Morgan fingerprint density at radius 2 is 1.79 bits per heavy atom. The Labute approximate surface area is 193 Å². The molecule has 1 unspecified atom stereocenters. The molecule has 182 valence electrons. The fraction of sp³-hybridized carbons (Fsp3) is 0.417. The van der Waals surface area contributed by atoms with E-state index in [0.717, 1.165) is 24.3 Å². The van der Waals surface area contributed by atoms with Crippen molar-refractivity contribution in [2.45, 2.75) is 38.1 Å². The first-order valence-electron chi connectivity index (χ1n) is 10.9. The average Bonchev–Trinajstić information content (AvgIpc) is 3.15. The normalized spacial score (nSPS) is 19.6. The van der Waals surface area contributed by atoms with Crippen molar-refractivity contribution in [3.63, 3.8) is 0 Å². The number of halogens is 5. The van der Waals surface area contributed by atoms with Gasteiger partial charge in [0.05, 0.1) is 11.5 Å². The van der Waals surface area contributed by atoms with Crippen molar-refractivity contribution < 1.29 is 36.3 Å². The number of hydrogen-bond acceptors (Lipinski definition) is 3. The summed E-state index contributed by atoms with van der Waals surface area (Å²) in [6.07, 6.45) is -3.88. The SMILES string of the molecule is O=C1CC(C(=O)N2CCC(Oc3ccc(F)cc3F)CC2)CN1Cc1cccc(C(F)(F)F)c1. The van der Waals surface area contributed by atoms with Crippen molar-refractivity contribution in [3.8, 4) is 5.75 Å². The topological polar surface area (TPSA) is 49.9 Å². The zero-order valence-electron chi connectivity index (χ0n) is 18.2. The van der Waals surface area contributed by atoms with Crippen LogP contribution in [0, 0.1) is 17.6 Å². The van der Waals surface area contributed by atoms with Gasteiger partial charge in [-0.15, -0.1) is 0 Å². The van der Waals surface area contributed by atoms with Crippen molar-refractivity contribution in [3.05, 3.63) is 65.2 Å². The second kappa shape index (κ2) is 9.60. The highest BCUT2D eigenvalue weighted by atomic mass is 19.4. The lowest BCUT2D eigenvalue weighted by Crippen LogP contribution is -2.44. The molecule has 2 aliphatic heterocycles. The van der Waals surface area contributed by atoms with Crippen LogP contribution >= 0.6 is 0 Å². The highest BCUT2D eigenvalue weighted by molar-refractivity contribution is 5.89. The smallest absolute Gasteiger partial charge is 0.416 e. The molecule has 0 N–H and O–H groups in total. The van der Waals surface area contributed by atoms with Crippen LogP contribution in [0.25, 0.3) is 0 Å². The van der Waals surface area contributed by atoms with E-state index in [0.29, 0.717) is 31.5 Å². The maximum atomic E-state index is 13.8. The fourth-order valence-corrected chi connectivity index (χ4v) is 4.36. The first kappa shape index (κ1) is 24.0. The van der Waals surface area contributed by atoms with Crippen LogP contribution in [0.5, 0.6) is 5.75 Å². The molecule has 0 aromatic heterocycles. The van der Waals surface area contributed by atoms with Gasteiger partial charge in [0.1, 0.15) is 11.9 Å². The number of nitrogens with zero attached hydrogens (tertiary/aromatic N) is 2. The number of carbonyl (C=O) groups excluding carboxylic acids is 2. The van der Waals surface area contributed by atoms with Crippen LogP contribution < -0.4 is 4.74 Å². The van der Waals surface area contributed by atoms with Crippen LogP contribution in [0.1, 0.15) is 30.4 Å². The molecule has 0 aliphatic carbocycles. The number of rotatable bonds is 5. The van der Waals surface area contributed by atoms with E-state index < -0.39 is 29.3 Å². The van der Waals surface area contributed by atoms with Gasteiger partial charge < -0.3 is 14.5 Å². The predicted molar refractivity (Wildman–Crippen MR) is 112 cm³/mol. The molecule has 2 aliphatic rings. The van der Waals surface area contributed by atoms with Crippen LogP contribution in [-0.4, -0.2) is 47.4 Å². The largest absolute Gasteiger partial charge is 0.487 e. The number of benzene rings is 2. The van der Waals surface area contributed by atoms with Crippen LogP contribution in [0.15, 0.2) is 42.5 Å². The number of alkyl halides is 3. The third kappa shape index (κ3) is 5.48. The first-order valence-corrected chi connectivity index (χ1v) is 10.9. The molecule has 2 heterocycles. The number of amides is 2. The van der Waals surface area contributed by atoms with Gasteiger partial charge in [0.25, 0.3) is 0 Å². The van der Waals surface area contributed by atoms with Gasteiger partial charge >= 0.3 is 6.18 Å². The number of hydrogen-bond donors (Lipinski definition) is 0. The molecule has 4 rings (SSSR count). The quantitative estimate of drug-likeness (QED) is 0.594. The molecule has 0 radical (unpaired) electrons. The van der Waals surface area contributed by atoms with Gasteiger partial charge in [0, 0.05) is 51.5 Å². The van der Waals surface area contributed by atoms with Crippen LogP contribution in [-0.2, 0) is 22.3 Å². The average molecular weight is 482 g/mol. The molecule has 2 saturated heterocycles. The van der Waals surface area contributed by atoms with Gasteiger partial charge in [-0.25, -0.2) is 8.78 Å². The second-order valence-electron chi connectivity index (χ2n) is 8.59. The highest BCUT2D eigenvalue weighted by Gasteiger charge is 2.38. The Kier molecular flexibility index (Phi) is 6.77. The monoisotopic (exact) mass is 482 g/mol. The maximum absolute atomic E-state index is 13.8. The molecule has 2 aromatic carbocycles. The third-order valence-corrected chi connectivity index (χ3v) is 6.13. The van der Waals surface area contributed by atoms with Crippen molar-refractivity contribution in [1.29, 1.82) is 0 Å². The minimum atomic E-state index is -4.47. The zero-order chi connectivity index (χ0) is 24.5. The molecule has 0 spiro atoms. The first-order chi connectivity index (χ1) is 16.1. The summed E-state index contributed by atoms with van der Waals surface area (Å²) in [6.45, 7) is 0.881. The van der Waals surface area contributed by atoms with E-state index in [1.807, 2.05) is 0 Å². The number of carbonyl (C=O) groups is 2. The summed E-state index contributed by atoms with van der Waals surface area (Å²) >= 11 is 0. The molecule has 1 atom stereocenters. The van der Waals surface area contributed by atoms with Gasteiger partial charge in [-0.3, -0.25) is 9.59 Å². The van der Waals surface area contributed by atoms with Crippen LogP contribution in [0.2, 0.25) is 0 Å². The van der Waals surface area contributed by atoms with Crippen LogP contribution in [0.4, 0.5) is 22.0 Å². The summed E-state index contributed by atoms with van der Waals surface area (Å²) in [7, 11) is 0. The van der Waals surface area contributed by atoms with E-state index in [1.54, 1.807) is 4.90 Å². The third-order valence-electron chi connectivity index (χ3n) is 6.13. The predicted octanol–water partition coefficient (Wildman–Crippen LogP) is 4.40. The van der Waals surface area contributed by atoms with E-state index in [1.165, 1.54) is 23.1 Å². The maximum Gasteiger partial charge on any atom is 0.416 e. The lowest BCUT2D eigenvalue weighted by Gasteiger charge is -2.33. The molecular formula is C24H23F5N2O3. The Morgan fingerprint density at radius 1 is 1.06 bits per heavy atom. The van der Waals surface area contributed by atoms with E-state index in [-0.39, 0.29) is 43.2 Å². The van der Waals surface area contributed by atoms with Crippen molar-refractivity contribution in [1.82, 2.24) is 9.80 Å². The standard InChI is InChI=1S/C24H23F5N2O3/c25-18-4-5-21(20(26)12-18)34-19-6-8-30(9-7-19)23(33)16-11-22(32)31(14-16)13-15-2-1-3-17(10-15)24(27,28)29/h1-5,10,12,16,19H,6-9,11,13-14H2. The Morgan fingerprint density at radius 3 is 2.47 bits per heavy atom. The summed E-state index contributed by atoms with van der Waals surface area (Å²) < 4.78 is 71.3. The van der Waals surface area contributed by atoms with E-state index >= 15 is 0 Å². The lowest BCUT2D eigenvalue weighted by atomic mass is 10.0. The summed E-state index contributed by atoms with van der Waals surface area (Å²) in [5.41, 5.74) is -0.433. The molecule has 2 aromatic rings. The molecule has 10 heteroatoms. The molecule has 0 bridgehead atoms. The van der Waals surface area contributed by atoms with Gasteiger partial charge in [-0.05, 0) is 29.8 Å². The molecule has 2 amide bonds. The van der Waals surface area contributed by atoms with E-state index in [9.17, 15) is 31.5 Å². The van der Waals surface area contributed by atoms with Gasteiger partial charge in [0.2, 0.25) is 11.8 Å². The molecule has 5 nitrogen and oxygen atoms in total. The Hall–Kier alpha value is -3.17. The van der Waals surface area contributed by atoms with Crippen molar-refractivity contribution in [2.24, 2.45) is 5.92 Å². The summed E-state index contributed by atoms with van der Waals surface area (Å²) in [5.74, 6) is -2.56. The van der Waals surface area contributed by atoms with Gasteiger partial charge in [0.15, 0.2) is 11.6 Å². The number of ether oxygens (including phenoxy) is 1. The zero-order valence-corrected chi connectivity index (χ0v) is 18.2. The number of piperidine rings is 1. The molecule has 2 fully saturated rings. The van der Waals surface area contributed by atoms with E-state index in [4.69, 9.17) is 4.74 Å². The summed E-state index contributed by atoms with van der Waals surface area (Å²) in [5, 5.41) is 0. The number of likely N-dealkylation sites (tertiary alicyclic amines) is 2. The Bertz CT molecular complexity index is 1070.